The predicted octanol–water partition coefficient (Wildman–Crippen LogP) is 4.24. The van der Waals surface area contributed by atoms with Gasteiger partial charge in [0.25, 0.3) is 0 Å². The van der Waals surface area contributed by atoms with E-state index in [0.29, 0.717) is 30.3 Å². The summed E-state index contributed by atoms with van der Waals surface area (Å²) in [7, 11) is 0. The number of pyridine rings is 1. The first-order chi connectivity index (χ1) is 13.7. The number of carbonyl (C=O) groups excluding carboxylic acids is 1. The van der Waals surface area contributed by atoms with Crippen LogP contribution in [0, 0.1) is 0 Å². The fourth-order valence-corrected chi connectivity index (χ4v) is 2.70. The van der Waals surface area contributed by atoms with Crippen LogP contribution in [0.15, 0.2) is 83.8 Å². The summed E-state index contributed by atoms with van der Waals surface area (Å²) in [5, 5.41) is 5.65. The molecule has 0 radical (unpaired) electrons. The molecular weight excluding hydrogens is 354 g/mol. The highest BCUT2D eigenvalue weighted by Crippen LogP contribution is 2.28. The van der Waals surface area contributed by atoms with E-state index in [0.717, 1.165) is 12.8 Å². The van der Waals surface area contributed by atoms with E-state index in [1.165, 1.54) is 0 Å². The molecule has 0 unspecified atom stereocenters. The summed E-state index contributed by atoms with van der Waals surface area (Å²) in [6.07, 6.45) is 3.35. The third kappa shape index (κ3) is 5.74. The largest absolute Gasteiger partial charge is 0.455 e. The number of unbranched alkanes of at least 4 members (excludes halogenated alkanes) is 1. The maximum absolute atomic E-state index is 12.2. The fraction of sp³-hybridized carbons (Fsp3) is 0.182. The van der Waals surface area contributed by atoms with E-state index in [4.69, 9.17) is 4.74 Å². The fourth-order valence-electron chi connectivity index (χ4n) is 2.70. The molecular formula is C22H23N3O3. The quantitative estimate of drug-likeness (QED) is 0.577. The van der Waals surface area contributed by atoms with Gasteiger partial charge >= 0.3 is 6.03 Å². The van der Waals surface area contributed by atoms with Gasteiger partial charge in [-0.25, -0.2) is 4.79 Å². The Morgan fingerprint density at radius 2 is 1.64 bits per heavy atom. The van der Waals surface area contributed by atoms with Crippen molar-refractivity contribution in [3.05, 3.63) is 89.3 Å². The summed E-state index contributed by atoms with van der Waals surface area (Å²) >= 11 is 0. The molecule has 2 N–H and O–H groups in total. The predicted molar refractivity (Wildman–Crippen MR) is 110 cm³/mol. The smallest absolute Gasteiger partial charge is 0.319 e. The number of hydrogen-bond donors (Lipinski definition) is 2. The minimum Gasteiger partial charge on any atom is -0.455 e. The number of carbonyl (C=O) groups is 1. The zero-order chi connectivity index (χ0) is 19.6. The topological polar surface area (TPSA) is 72.4 Å². The van der Waals surface area contributed by atoms with Crippen LogP contribution >= 0.6 is 0 Å². The monoisotopic (exact) mass is 377 g/mol. The molecule has 1 aromatic heterocycles. The van der Waals surface area contributed by atoms with Gasteiger partial charge in [-0.3, -0.25) is 4.79 Å². The molecule has 1 heterocycles. The lowest BCUT2D eigenvalue weighted by Gasteiger charge is -2.13. The number of hydrogen-bond acceptors (Lipinski definition) is 3. The van der Waals surface area contributed by atoms with Gasteiger partial charge in [-0.2, -0.15) is 0 Å². The van der Waals surface area contributed by atoms with Gasteiger partial charge < -0.3 is 19.9 Å². The first-order valence-corrected chi connectivity index (χ1v) is 9.24. The van der Waals surface area contributed by atoms with Crippen molar-refractivity contribution < 1.29 is 9.53 Å². The Morgan fingerprint density at radius 3 is 2.46 bits per heavy atom. The van der Waals surface area contributed by atoms with Crippen LogP contribution in [0.2, 0.25) is 0 Å². The number of amides is 2. The Balaban J connectivity index is 1.45. The van der Waals surface area contributed by atoms with E-state index in [1.807, 2.05) is 48.5 Å². The molecule has 0 aliphatic rings. The summed E-state index contributed by atoms with van der Waals surface area (Å²) in [6, 6.07) is 21.5. The SMILES string of the molecule is O=C(NCCCCn1ccccc1=O)Nc1ccccc1Oc1ccccc1. The molecule has 0 spiro atoms. The van der Waals surface area contributed by atoms with Gasteiger partial charge in [0.1, 0.15) is 5.75 Å². The summed E-state index contributed by atoms with van der Waals surface area (Å²) < 4.78 is 7.50. The summed E-state index contributed by atoms with van der Waals surface area (Å²) in [6.45, 7) is 1.16. The van der Waals surface area contributed by atoms with Gasteiger partial charge in [-0.05, 0) is 43.2 Å². The summed E-state index contributed by atoms with van der Waals surface area (Å²) in [5.74, 6) is 1.28. The second-order valence-corrected chi connectivity index (χ2v) is 6.23. The van der Waals surface area contributed by atoms with Gasteiger partial charge in [0.2, 0.25) is 5.56 Å². The molecule has 3 aromatic rings. The maximum atomic E-state index is 12.2. The molecule has 0 aliphatic carbocycles. The van der Waals surface area contributed by atoms with Gasteiger partial charge in [0.05, 0.1) is 5.69 Å². The highest BCUT2D eigenvalue weighted by Gasteiger charge is 2.08. The molecule has 0 fully saturated rings. The standard InChI is InChI=1S/C22H23N3O3/c26-21-14-6-8-16-25(21)17-9-7-15-23-22(27)24-19-12-4-5-13-20(19)28-18-10-2-1-3-11-18/h1-6,8,10-14,16H,7,9,15,17H2,(H2,23,24,27). The highest BCUT2D eigenvalue weighted by molar-refractivity contribution is 5.90. The lowest BCUT2D eigenvalue weighted by atomic mass is 10.3. The molecule has 28 heavy (non-hydrogen) atoms. The van der Waals surface area contributed by atoms with Gasteiger partial charge in [-0.15, -0.1) is 0 Å². The normalized spacial score (nSPS) is 10.3. The van der Waals surface area contributed by atoms with Crippen molar-refractivity contribution >= 4 is 11.7 Å². The third-order valence-electron chi connectivity index (χ3n) is 4.12. The van der Waals surface area contributed by atoms with Gasteiger partial charge in [0, 0.05) is 25.4 Å². The Kier molecular flexibility index (Phi) is 6.84. The number of nitrogens with zero attached hydrogens (tertiary/aromatic N) is 1. The van der Waals surface area contributed by atoms with Crippen molar-refractivity contribution in [3.8, 4) is 11.5 Å². The zero-order valence-corrected chi connectivity index (χ0v) is 15.5. The summed E-state index contributed by atoms with van der Waals surface area (Å²) in [4.78, 5) is 23.8. The number of urea groups is 1. The first-order valence-electron chi connectivity index (χ1n) is 9.24. The molecule has 0 saturated heterocycles. The van der Waals surface area contributed by atoms with Crippen LogP contribution in [0.4, 0.5) is 10.5 Å². The van der Waals surface area contributed by atoms with Crippen LogP contribution in [-0.4, -0.2) is 17.1 Å². The molecule has 0 aliphatic heterocycles. The Morgan fingerprint density at radius 1 is 0.893 bits per heavy atom. The van der Waals surface area contributed by atoms with Crippen molar-refractivity contribution in [2.75, 3.05) is 11.9 Å². The van der Waals surface area contributed by atoms with Crippen LogP contribution in [0.3, 0.4) is 0 Å². The number of ether oxygens (including phenoxy) is 1. The number of nitrogens with one attached hydrogen (secondary N) is 2. The molecule has 0 saturated carbocycles. The van der Waals surface area contributed by atoms with E-state index in [-0.39, 0.29) is 11.6 Å². The van der Waals surface area contributed by atoms with E-state index >= 15 is 0 Å². The number of aryl methyl sites for hydroxylation is 1. The highest BCUT2D eigenvalue weighted by atomic mass is 16.5. The van der Waals surface area contributed by atoms with E-state index < -0.39 is 0 Å². The van der Waals surface area contributed by atoms with E-state index in [2.05, 4.69) is 10.6 Å². The van der Waals surface area contributed by atoms with E-state index in [1.54, 1.807) is 35.0 Å². The van der Waals surface area contributed by atoms with Crippen LogP contribution in [0.25, 0.3) is 0 Å². The van der Waals surface area contributed by atoms with Crippen molar-refractivity contribution in [1.29, 1.82) is 0 Å². The lowest BCUT2D eigenvalue weighted by molar-refractivity contribution is 0.251. The number of aromatic nitrogens is 1. The number of anilines is 1. The van der Waals surface area contributed by atoms with Crippen LogP contribution in [-0.2, 0) is 6.54 Å². The molecule has 3 rings (SSSR count). The first kappa shape index (κ1) is 19.2. The number of rotatable bonds is 8. The molecule has 0 atom stereocenters. The van der Waals surface area contributed by atoms with Crippen molar-refractivity contribution in [3.63, 3.8) is 0 Å². The van der Waals surface area contributed by atoms with Crippen LogP contribution < -0.4 is 20.9 Å². The van der Waals surface area contributed by atoms with E-state index in [9.17, 15) is 9.59 Å². The Labute approximate surface area is 163 Å². The minimum atomic E-state index is -0.291. The molecule has 2 amide bonds. The lowest BCUT2D eigenvalue weighted by Crippen LogP contribution is -2.30. The number of benzene rings is 2. The average molecular weight is 377 g/mol. The Hall–Kier alpha value is -3.54. The van der Waals surface area contributed by atoms with Gasteiger partial charge in [-0.1, -0.05) is 36.4 Å². The molecule has 0 bridgehead atoms. The molecule has 2 aromatic carbocycles. The third-order valence-corrected chi connectivity index (χ3v) is 4.12. The number of para-hydroxylation sites is 3. The van der Waals surface area contributed by atoms with Crippen LogP contribution in [0.5, 0.6) is 11.5 Å². The molecule has 6 nitrogen and oxygen atoms in total. The summed E-state index contributed by atoms with van der Waals surface area (Å²) in [5.41, 5.74) is 0.586. The van der Waals surface area contributed by atoms with Gasteiger partial charge in [0.15, 0.2) is 5.75 Å². The maximum Gasteiger partial charge on any atom is 0.319 e. The Bertz CT molecular complexity index is 954. The van der Waals surface area contributed by atoms with Crippen molar-refractivity contribution in [2.24, 2.45) is 0 Å². The second-order valence-electron chi connectivity index (χ2n) is 6.23. The molecule has 6 heteroatoms. The van der Waals surface area contributed by atoms with Crippen LogP contribution in [0.1, 0.15) is 12.8 Å². The second kappa shape index (κ2) is 9.97. The van der Waals surface area contributed by atoms with Crippen molar-refractivity contribution in [2.45, 2.75) is 19.4 Å². The average Bonchev–Trinajstić information content (AvgIpc) is 2.71. The molecule has 144 valence electrons. The zero-order valence-electron chi connectivity index (χ0n) is 15.5. The minimum absolute atomic E-state index is 0.0109. The van der Waals surface area contributed by atoms with Crippen molar-refractivity contribution in [1.82, 2.24) is 9.88 Å².